The molecule has 0 amide bonds. The summed E-state index contributed by atoms with van der Waals surface area (Å²) in [5.41, 5.74) is 2.84. The minimum absolute atomic E-state index is 0.000525. The molecular weight excluding hydrogens is 226 g/mol. The Hall–Kier alpha value is -2.16. The van der Waals surface area contributed by atoms with Crippen molar-refractivity contribution < 1.29 is 9.53 Å². The predicted octanol–water partition coefficient (Wildman–Crippen LogP) is 3.69. The zero-order chi connectivity index (χ0) is 13.1. The molecule has 3 heteroatoms. The van der Waals surface area contributed by atoms with Crippen molar-refractivity contribution in [3.05, 3.63) is 53.2 Å². The lowest BCUT2D eigenvalue weighted by atomic mass is 10.1. The standard InChI is InChI=1S/C15H15NO2/c1-10-4-6-14(11(2)8-10)18-15-7-5-13(9-16-15)12(3)17/h4-9H,1-3H3. The lowest BCUT2D eigenvalue weighted by Gasteiger charge is -2.08. The lowest BCUT2D eigenvalue weighted by Crippen LogP contribution is -1.95. The molecule has 18 heavy (non-hydrogen) atoms. The quantitative estimate of drug-likeness (QED) is 0.769. The summed E-state index contributed by atoms with van der Waals surface area (Å²) in [7, 11) is 0. The molecule has 1 aromatic heterocycles. The van der Waals surface area contributed by atoms with Gasteiger partial charge in [-0.2, -0.15) is 0 Å². The average Bonchev–Trinajstić information content (AvgIpc) is 2.33. The van der Waals surface area contributed by atoms with Gasteiger partial charge in [0, 0.05) is 17.8 Å². The molecule has 0 radical (unpaired) electrons. The Morgan fingerprint density at radius 3 is 2.50 bits per heavy atom. The van der Waals surface area contributed by atoms with E-state index in [0.29, 0.717) is 11.4 Å². The maximum absolute atomic E-state index is 11.1. The van der Waals surface area contributed by atoms with Crippen LogP contribution in [0.2, 0.25) is 0 Å². The van der Waals surface area contributed by atoms with Gasteiger partial charge in [0.25, 0.3) is 0 Å². The summed E-state index contributed by atoms with van der Waals surface area (Å²) in [5, 5.41) is 0. The molecule has 0 atom stereocenters. The van der Waals surface area contributed by atoms with Crippen LogP contribution in [0.15, 0.2) is 36.5 Å². The van der Waals surface area contributed by atoms with Crippen molar-refractivity contribution in [2.75, 3.05) is 0 Å². The fourth-order valence-electron chi connectivity index (χ4n) is 1.68. The van der Waals surface area contributed by atoms with E-state index in [-0.39, 0.29) is 5.78 Å². The number of carbonyl (C=O) groups is 1. The van der Waals surface area contributed by atoms with Crippen molar-refractivity contribution in [1.29, 1.82) is 0 Å². The number of carbonyl (C=O) groups excluding carboxylic acids is 1. The molecular formula is C15H15NO2. The molecule has 0 unspecified atom stereocenters. The second-order valence-corrected chi connectivity index (χ2v) is 4.31. The summed E-state index contributed by atoms with van der Waals surface area (Å²) in [6.07, 6.45) is 1.53. The molecule has 0 aliphatic heterocycles. The van der Waals surface area contributed by atoms with Crippen molar-refractivity contribution in [3.8, 4) is 11.6 Å². The highest BCUT2D eigenvalue weighted by Crippen LogP contribution is 2.24. The molecule has 0 aliphatic rings. The number of benzene rings is 1. The Morgan fingerprint density at radius 1 is 1.17 bits per heavy atom. The van der Waals surface area contributed by atoms with Gasteiger partial charge in [0.05, 0.1) is 0 Å². The summed E-state index contributed by atoms with van der Waals surface area (Å²) in [4.78, 5) is 15.2. The summed E-state index contributed by atoms with van der Waals surface area (Å²) in [6.45, 7) is 5.55. The van der Waals surface area contributed by atoms with Gasteiger partial charge in [-0.15, -0.1) is 0 Å². The number of hydrogen-bond donors (Lipinski definition) is 0. The van der Waals surface area contributed by atoms with Crippen LogP contribution in [0.4, 0.5) is 0 Å². The molecule has 0 aliphatic carbocycles. The molecule has 0 saturated heterocycles. The molecule has 92 valence electrons. The molecule has 0 bridgehead atoms. The summed E-state index contributed by atoms with van der Waals surface area (Å²) in [5.74, 6) is 1.27. The number of ketones is 1. The highest BCUT2D eigenvalue weighted by molar-refractivity contribution is 5.93. The Balaban J connectivity index is 2.21. The lowest BCUT2D eigenvalue weighted by molar-refractivity contribution is 0.101. The number of Topliss-reactive ketones (excluding diaryl/α,β-unsaturated/α-hetero) is 1. The van der Waals surface area contributed by atoms with Crippen molar-refractivity contribution in [2.45, 2.75) is 20.8 Å². The molecule has 0 saturated carbocycles. The zero-order valence-corrected chi connectivity index (χ0v) is 10.7. The van der Waals surface area contributed by atoms with Crippen molar-refractivity contribution in [2.24, 2.45) is 0 Å². The normalized spacial score (nSPS) is 10.2. The zero-order valence-electron chi connectivity index (χ0n) is 10.7. The van der Waals surface area contributed by atoms with E-state index in [9.17, 15) is 4.79 Å². The van der Waals surface area contributed by atoms with Gasteiger partial charge in [-0.25, -0.2) is 4.98 Å². The maximum atomic E-state index is 11.1. The minimum Gasteiger partial charge on any atom is -0.439 e. The Kier molecular flexibility index (Phi) is 3.42. The van der Waals surface area contributed by atoms with Gasteiger partial charge in [-0.1, -0.05) is 17.7 Å². The Morgan fingerprint density at radius 2 is 1.94 bits per heavy atom. The van der Waals surface area contributed by atoms with E-state index in [1.807, 2.05) is 26.0 Å². The van der Waals surface area contributed by atoms with Gasteiger partial charge in [0.1, 0.15) is 5.75 Å². The van der Waals surface area contributed by atoms with Crippen molar-refractivity contribution in [3.63, 3.8) is 0 Å². The van der Waals surface area contributed by atoms with Gasteiger partial charge in [-0.3, -0.25) is 4.79 Å². The number of nitrogens with zero attached hydrogens (tertiary/aromatic N) is 1. The average molecular weight is 241 g/mol. The first-order valence-electron chi connectivity index (χ1n) is 5.78. The molecule has 3 nitrogen and oxygen atoms in total. The third kappa shape index (κ3) is 2.74. The second kappa shape index (κ2) is 5.00. The number of aryl methyl sites for hydroxylation is 2. The van der Waals surface area contributed by atoms with Gasteiger partial charge in [-0.05, 0) is 38.5 Å². The summed E-state index contributed by atoms with van der Waals surface area (Å²) >= 11 is 0. The van der Waals surface area contributed by atoms with Gasteiger partial charge in [0.2, 0.25) is 5.88 Å². The van der Waals surface area contributed by atoms with Crippen LogP contribution in [0.5, 0.6) is 11.6 Å². The number of pyridine rings is 1. The van der Waals surface area contributed by atoms with E-state index < -0.39 is 0 Å². The van der Waals surface area contributed by atoms with E-state index in [1.165, 1.54) is 18.7 Å². The molecule has 1 heterocycles. The van der Waals surface area contributed by atoms with E-state index in [0.717, 1.165) is 11.3 Å². The smallest absolute Gasteiger partial charge is 0.219 e. The first-order valence-corrected chi connectivity index (χ1v) is 5.78. The van der Waals surface area contributed by atoms with Gasteiger partial charge < -0.3 is 4.74 Å². The fourth-order valence-corrected chi connectivity index (χ4v) is 1.68. The number of ether oxygens (including phenoxy) is 1. The fraction of sp³-hybridized carbons (Fsp3) is 0.200. The largest absolute Gasteiger partial charge is 0.439 e. The van der Waals surface area contributed by atoms with Crippen molar-refractivity contribution in [1.82, 2.24) is 4.98 Å². The number of aromatic nitrogens is 1. The van der Waals surface area contributed by atoms with E-state index in [1.54, 1.807) is 12.1 Å². The van der Waals surface area contributed by atoms with E-state index >= 15 is 0 Å². The molecule has 2 aromatic rings. The Labute approximate surface area is 106 Å². The van der Waals surface area contributed by atoms with E-state index in [4.69, 9.17) is 4.74 Å². The van der Waals surface area contributed by atoms with Crippen LogP contribution < -0.4 is 4.74 Å². The number of rotatable bonds is 3. The third-order valence-electron chi connectivity index (χ3n) is 2.69. The highest BCUT2D eigenvalue weighted by atomic mass is 16.5. The highest BCUT2D eigenvalue weighted by Gasteiger charge is 2.04. The second-order valence-electron chi connectivity index (χ2n) is 4.31. The van der Waals surface area contributed by atoms with Crippen LogP contribution in [-0.2, 0) is 0 Å². The molecule has 1 aromatic carbocycles. The van der Waals surface area contributed by atoms with Crippen LogP contribution in [0.25, 0.3) is 0 Å². The predicted molar refractivity (Wildman–Crippen MR) is 70.2 cm³/mol. The van der Waals surface area contributed by atoms with Gasteiger partial charge in [0.15, 0.2) is 5.78 Å². The first-order chi connectivity index (χ1) is 8.56. The van der Waals surface area contributed by atoms with Gasteiger partial charge >= 0.3 is 0 Å². The summed E-state index contributed by atoms with van der Waals surface area (Å²) in [6, 6.07) is 9.39. The topological polar surface area (TPSA) is 39.2 Å². The number of hydrogen-bond acceptors (Lipinski definition) is 3. The van der Waals surface area contributed by atoms with Crippen LogP contribution in [-0.4, -0.2) is 10.8 Å². The molecule has 2 rings (SSSR count). The third-order valence-corrected chi connectivity index (χ3v) is 2.69. The summed E-state index contributed by atoms with van der Waals surface area (Å²) < 4.78 is 5.68. The molecule has 0 spiro atoms. The van der Waals surface area contributed by atoms with Crippen LogP contribution in [0, 0.1) is 13.8 Å². The Bertz CT molecular complexity index is 574. The van der Waals surface area contributed by atoms with Crippen molar-refractivity contribution >= 4 is 5.78 Å². The van der Waals surface area contributed by atoms with Crippen LogP contribution in [0.1, 0.15) is 28.4 Å². The van der Waals surface area contributed by atoms with E-state index in [2.05, 4.69) is 11.1 Å². The van der Waals surface area contributed by atoms with Crippen LogP contribution in [0.3, 0.4) is 0 Å². The SMILES string of the molecule is CC(=O)c1ccc(Oc2ccc(C)cc2C)nc1. The maximum Gasteiger partial charge on any atom is 0.219 e. The molecule has 0 N–H and O–H groups in total. The minimum atomic E-state index is 0.000525. The monoisotopic (exact) mass is 241 g/mol. The molecule has 0 fully saturated rings. The van der Waals surface area contributed by atoms with Crippen LogP contribution >= 0.6 is 0 Å². The first kappa shape index (κ1) is 12.3.